The highest BCUT2D eigenvalue weighted by Gasteiger charge is 2.55. The van der Waals surface area contributed by atoms with Crippen molar-refractivity contribution in [2.75, 3.05) is 31.6 Å². The molecule has 0 radical (unpaired) electrons. The molecule has 0 spiro atoms. The predicted molar refractivity (Wildman–Crippen MR) is 115 cm³/mol. The maximum atomic E-state index is 13.5. The summed E-state index contributed by atoms with van der Waals surface area (Å²) in [5.74, 6) is -0.0936. The highest BCUT2D eigenvalue weighted by atomic mass is 16.2. The second-order valence-electron chi connectivity index (χ2n) is 8.17. The Hall–Kier alpha value is -2.90. The largest absolute Gasteiger partial charge is 0.343 e. The highest BCUT2D eigenvalue weighted by molar-refractivity contribution is 6.00. The van der Waals surface area contributed by atoms with Crippen molar-refractivity contribution in [2.45, 2.75) is 31.3 Å². The molecule has 3 aliphatic rings. The van der Waals surface area contributed by atoms with Gasteiger partial charge in [0.1, 0.15) is 18.5 Å². The summed E-state index contributed by atoms with van der Waals surface area (Å²) in [5.41, 5.74) is 2.25. The Balaban J connectivity index is 1.38. The van der Waals surface area contributed by atoms with E-state index in [1.54, 1.807) is 11.9 Å². The average molecular weight is 406 g/mol. The van der Waals surface area contributed by atoms with Gasteiger partial charge in [-0.15, -0.1) is 0 Å². The van der Waals surface area contributed by atoms with E-state index in [0.29, 0.717) is 13.0 Å². The van der Waals surface area contributed by atoms with E-state index in [9.17, 15) is 9.59 Å². The first-order chi connectivity index (χ1) is 14.6. The van der Waals surface area contributed by atoms with Gasteiger partial charge in [-0.25, -0.2) is 4.79 Å². The quantitative estimate of drug-likeness (QED) is 0.842. The molecule has 3 amide bonds. The molecular weight excluding hydrogens is 378 g/mol. The van der Waals surface area contributed by atoms with E-state index >= 15 is 0 Å². The lowest BCUT2D eigenvalue weighted by molar-refractivity contribution is -0.138. The van der Waals surface area contributed by atoms with Gasteiger partial charge in [-0.3, -0.25) is 19.9 Å². The molecule has 3 saturated heterocycles. The van der Waals surface area contributed by atoms with E-state index in [-0.39, 0.29) is 30.4 Å². The van der Waals surface area contributed by atoms with Crippen molar-refractivity contribution < 1.29 is 9.59 Å². The molecular formula is C23H27N5O2. The monoisotopic (exact) mass is 405 g/mol. The molecule has 7 heteroatoms. The Morgan fingerprint density at radius 2 is 1.67 bits per heavy atom. The zero-order chi connectivity index (χ0) is 20.7. The minimum atomic E-state index is -0.361. The number of para-hydroxylation sites is 1. The van der Waals surface area contributed by atoms with Crippen LogP contribution in [0.25, 0.3) is 0 Å². The third-order valence-corrected chi connectivity index (χ3v) is 6.42. The van der Waals surface area contributed by atoms with Crippen LogP contribution in [0.4, 0.5) is 10.5 Å². The second-order valence-corrected chi connectivity index (χ2v) is 8.17. The van der Waals surface area contributed by atoms with Crippen molar-refractivity contribution in [3.63, 3.8) is 0 Å². The molecule has 3 aliphatic heterocycles. The van der Waals surface area contributed by atoms with Gasteiger partial charge in [-0.1, -0.05) is 48.5 Å². The molecule has 3 fully saturated rings. The van der Waals surface area contributed by atoms with Gasteiger partial charge in [0.15, 0.2) is 0 Å². The number of carbonyl (C=O) groups is 2. The van der Waals surface area contributed by atoms with Gasteiger partial charge in [0.25, 0.3) is 5.91 Å². The Kier molecular flexibility index (Phi) is 4.92. The number of rotatable bonds is 4. The third-order valence-electron chi connectivity index (χ3n) is 6.42. The van der Waals surface area contributed by atoms with Gasteiger partial charge >= 0.3 is 6.03 Å². The minimum Gasteiger partial charge on any atom is -0.343 e. The summed E-state index contributed by atoms with van der Waals surface area (Å²) in [6.45, 7) is 2.15. The second kappa shape index (κ2) is 7.74. The average Bonchev–Trinajstić information content (AvgIpc) is 3.19. The standard InChI is InChI=1S/C23H27N5O2/c1-25-20-19(21(29)28(23(25)30)16-13-17-9-4-2-5-10-17)27-15-8-14-26(22(27)24-20)18-11-6-3-7-12-18/h2-7,9-12,19-20,22,24H,8,13-16H2,1H3. The number of fused-ring (bicyclic) bond motifs is 3. The van der Waals surface area contributed by atoms with Crippen LogP contribution in [0.15, 0.2) is 60.7 Å². The molecule has 5 rings (SSSR count). The first-order valence-corrected chi connectivity index (χ1v) is 10.6. The molecule has 0 aromatic heterocycles. The number of hydrogen-bond donors (Lipinski definition) is 1. The van der Waals surface area contributed by atoms with Crippen LogP contribution in [0.2, 0.25) is 0 Å². The minimum absolute atomic E-state index is 0.0931. The fourth-order valence-electron chi connectivity index (χ4n) is 4.89. The fourth-order valence-corrected chi connectivity index (χ4v) is 4.89. The summed E-state index contributed by atoms with van der Waals surface area (Å²) >= 11 is 0. The van der Waals surface area contributed by atoms with Crippen molar-refractivity contribution in [2.24, 2.45) is 0 Å². The molecule has 0 aliphatic carbocycles. The first kappa shape index (κ1) is 19.1. The normalized spacial score (nSPS) is 26.7. The summed E-state index contributed by atoms with van der Waals surface area (Å²) in [6, 6.07) is 19.7. The van der Waals surface area contributed by atoms with Crippen molar-refractivity contribution in [3.8, 4) is 0 Å². The number of imide groups is 1. The third kappa shape index (κ3) is 3.14. The number of likely N-dealkylation sites (N-methyl/N-ethyl adjacent to an activating group) is 1. The number of hydrogen-bond acceptors (Lipinski definition) is 5. The number of urea groups is 1. The Bertz CT molecular complexity index is 922. The number of anilines is 1. The van der Waals surface area contributed by atoms with E-state index in [4.69, 9.17) is 0 Å². The van der Waals surface area contributed by atoms with Gasteiger partial charge < -0.3 is 9.80 Å². The van der Waals surface area contributed by atoms with Crippen LogP contribution >= 0.6 is 0 Å². The van der Waals surface area contributed by atoms with Crippen LogP contribution in [0.1, 0.15) is 12.0 Å². The number of nitrogens with zero attached hydrogens (tertiary/aromatic N) is 4. The molecule has 0 bridgehead atoms. The predicted octanol–water partition coefficient (Wildman–Crippen LogP) is 1.92. The summed E-state index contributed by atoms with van der Waals surface area (Å²) < 4.78 is 0. The Morgan fingerprint density at radius 1 is 0.967 bits per heavy atom. The molecule has 1 N–H and O–H groups in total. The summed E-state index contributed by atoms with van der Waals surface area (Å²) in [4.78, 5) is 34.1. The van der Waals surface area contributed by atoms with Crippen LogP contribution in [0, 0.1) is 0 Å². The molecule has 3 heterocycles. The molecule has 0 saturated carbocycles. The molecule has 7 nitrogen and oxygen atoms in total. The Labute approximate surface area is 176 Å². The van der Waals surface area contributed by atoms with Crippen LogP contribution in [-0.2, 0) is 11.2 Å². The molecule has 3 unspecified atom stereocenters. The van der Waals surface area contributed by atoms with Crippen LogP contribution in [0.5, 0.6) is 0 Å². The van der Waals surface area contributed by atoms with Gasteiger partial charge in [0, 0.05) is 32.4 Å². The van der Waals surface area contributed by atoms with Crippen LogP contribution < -0.4 is 10.2 Å². The molecule has 2 aromatic carbocycles. The van der Waals surface area contributed by atoms with E-state index in [0.717, 1.165) is 30.8 Å². The van der Waals surface area contributed by atoms with Crippen LogP contribution in [-0.4, -0.2) is 71.8 Å². The molecule has 30 heavy (non-hydrogen) atoms. The summed E-state index contributed by atoms with van der Waals surface area (Å²) in [5, 5.41) is 3.56. The Morgan fingerprint density at radius 3 is 2.40 bits per heavy atom. The first-order valence-electron chi connectivity index (χ1n) is 10.6. The number of benzene rings is 2. The highest BCUT2D eigenvalue weighted by Crippen LogP contribution is 2.32. The smallest absolute Gasteiger partial charge is 0.327 e. The zero-order valence-electron chi connectivity index (χ0n) is 17.1. The van der Waals surface area contributed by atoms with Crippen molar-refractivity contribution >= 4 is 17.6 Å². The van der Waals surface area contributed by atoms with Gasteiger partial charge in [0.2, 0.25) is 0 Å². The van der Waals surface area contributed by atoms with E-state index < -0.39 is 0 Å². The summed E-state index contributed by atoms with van der Waals surface area (Å²) in [7, 11) is 1.79. The summed E-state index contributed by atoms with van der Waals surface area (Å²) in [6.07, 6.45) is 1.23. The van der Waals surface area contributed by atoms with Crippen molar-refractivity contribution in [3.05, 3.63) is 66.2 Å². The molecule has 156 valence electrons. The zero-order valence-corrected chi connectivity index (χ0v) is 17.1. The maximum absolute atomic E-state index is 13.5. The fraction of sp³-hybridized carbons (Fsp3) is 0.391. The SMILES string of the molecule is CN1C(=O)N(CCc2ccccc2)C(=O)C2C1NC1N(c3ccccc3)CCCN21. The number of nitrogens with one attached hydrogen (secondary N) is 1. The molecule has 2 aromatic rings. The van der Waals surface area contributed by atoms with Crippen molar-refractivity contribution in [1.29, 1.82) is 0 Å². The maximum Gasteiger partial charge on any atom is 0.327 e. The van der Waals surface area contributed by atoms with Crippen LogP contribution in [0.3, 0.4) is 0 Å². The lowest BCUT2D eigenvalue weighted by Crippen LogP contribution is -2.66. The lowest BCUT2D eigenvalue weighted by Gasteiger charge is -2.43. The van der Waals surface area contributed by atoms with Gasteiger partial charge in [-0.05, 0) is 30.5 Å². The molecule has 3 atom stereocenters. The van der Waals surface area contributed by atoms with Crippen molar-refractivity contribution in [1.82, 2.24) is 20.0 Å². The number of amides is 3. The topological polar surface area (TPSA) is 59.1 Å². The van der Waals surface area contributed by atoms with E-state index in [1.807, 2.05) is 48.5 Å². The van der Waals surface area contributed by atoms with Gasteiger partial charge in [-0.2, -0.15) is 0 Å². The van der Waals surface area contributed by atoms with E-state index in [1.165, 1.54) is 4.90 Å². The lowest BCUT2D eigenvalue weighted by atomic mass is 10.1. The number of carbonyl (C=O) groups excluding carboxylic acids is 2. The van der Waals surface area contributed by atoms with E-state index in [2.05, 4.69) is 27.2 Å². The van der Waals surface area contributed by atoms with Gasteiger partial charge in [0.05, 0.1) is 0 Å².